The van der Waals surface area contributed by atoms with Crippen molar-refractivity contribution in [2.24, 2.45) is 0 Å². The lowest BCUT2D eigenvalue weighted by Gasteiger charge is -2.22. The normalized spacial score (nSPS) is 42.2. The lowest BCUT2D eigenvalue weighted by atomic mass is 10.1. The maximum atomic E-state index is 9.47. The van der Waals surface area contributed by atoms with Gasteiger partial charge in [-0.25, -0.2) is 0 Å². The predicted octanol–water partition coefficient (Wildman–Crippen LogP) is 0.411. The lowest BCUT2D eigenvalue weighted by Crippen LogP contribution is -2.37. The first-order valence-electron chi connectivity index (χ1n) is 4.40. The molecule has 74 valence electrons. The molecule has 2 rings (SSSR count). The summed E-state index contributed by atoms with van der Waals surface area (Å²) in [6.45, 7) is 4.17. The van der Waals surface area contributed by atoms with Crippen molar-refractivity contribution in [1.29, 1.82) is 0 Å². The van der Waals surface area contributed by atoms with Crippen molar-refractivity contribution in [3.63, 3.8) is 0 Å². The van der Waals surface area contributed by atoms with Gasteiger partial charge >= 0.3 is 0 Å². The zero-order chi connectivity index (χ0) is 9.47. The van der Waals surface area contributed by atoms with Crippen molar-refractivity contribution < 1.29 is 19.3 Å². The predicted molar refractivity (Wildman–Crippen MR) is 44.9 cm³/mol. The van der Waals surface area contributed by atoms with E-state index in [1.165, 1.54) is 6.26 Å². The minimum atomic E-state index is -0.581. The number of aliphatic hydroxyl groups is 1. The molecule has 2 aliphatic rings. The molecule has 0 unspecified atom stereocenters. The summed E-state index contributed by atoms with van der Waals surface area (Å²) in [4.78, 5) is 0. The van der Waals surface area contributed by atoms with E-state index in [0.29, 0.717) is 6.61 Å². The van der Waals surface area contributed by atoms with Crippen LogP contribution >= 0.6 is 0 Å². The van der Waals surface area contributed by atoms with E-state index in [1.807, 2.05) is 13.8 Å². The van der Waals surface area contributed by atoms with Crippen LogP contribution in [-0.2, 0) is 14.2 Å². The van der Waals surface area contributed by atoms with E-state index in [9.17, 15) is 5.11 Å². The monoisotopic (exact) mass is 186 g/mol. The molecule has 2 heterocycles. The standard InChI is InChI=1S/C9H14O4/c1-9(2)12-5-7(13-9)8-6(10)3-4-11-8/h3-4,6-8,10H,5H2,1-2H3/t6-,7+,8+/m0/s1. The van der Waals surface area contributed by atoms with E-state index in [-0.39, 0.29) is 12.2 Å². The average Bonchev–Trinajstić information content (AvgIpc) is 2.56. The molecule has 0 aliphatic carbocycles. The van der Waals surface area contributed by atoms with Crippen LogP contribution in [0.5, 0.6) is 0 Å². The van der Waals surface area contributed by atoms with Gasteiger partial charge in [0.15, 0.2) is 11.9 Å². The first kappa shape index (κ1) is 8.99. The molecule has 0 bridgehead atoms. The second kappa shape index (κ2) is 2.97. The molecule has 0 saturated carbocycles. The van der Waals surface area contributed by atoms with Crippen LogP contribution in [0.1, 0.15) is 13.8 Å². The van der Waals surface area contributed by atoms with Gasteiger partial charge in [-0.3, -0.25) is 0 Å². The van der Waals surface area contributed by atoms with Gasteiger partial charge in [-0.05, 0) is 19.9 Å². The van der Waals surface area contributed by atoms with E-state index in [2.05, 4.69) is 0 Å². The van der Waals surface area contributed by atoms with Crippen molar-refractivity contribution in [2.45, 2.75) is 37.9 Å². The Morgan fingerprint density at radius 3 is 2.69 bits per heavy atom. The molecular weight excluding hydrogens is 172 g/mol. The van der Waals surface area contributed by atoms with Gasteiger partial charge in [0.25, 0.3) is 0 Å². The fourth-order valence-corrected chi connectivity index (χ4v) is 1.59. The summed E-state index contributed by atoms with van der Waals surface area (Å²) in [7, 11) is 0. The summed E-state index contributed by atoms with van der Waals surface area (Å²) < 4.78 is 16.1. The van der Waals surface area contributed by atoms with Gasteiger partial charge in [-0.15, -0.1) is 0 Å². The van der Waals surface area contributed by atoms with Crippen LogP contribution in [0.15, 0.2) is 12.3 Å². The molecule has 0 aromatic carbocycles. The van der Waals surface area contributed by atoms with E-state index >= 15 is 0 Å². The number of hydrogen-bond donors (Lipinski definition) is 1. The molecule has 4 nitrogen and oxygen atoms in total. The number of ether oxygens (including phenoxy) is 3. The molecule has 1 N–H and O–H groups in total. The molecule has 0 aromatic heterocycles. The minimum absolute atomic E-state index is 0.181. The summed E-state index contributed by atoms with van der Waals surface area (Å²) in [6, 6.07) is 0. The highest BCUT2D eigenvalue weighted by molar-refractivity contribution is 5.00. The zero-order valence-corrected chi connectivity index (χ0v) is 7.77. The highest BCUT2D eigenvalue weighted by atomic mass is 16.7. The number of aliphatic hydroxyl groups excluding tert-OH is 1. The summed E-state index contributed by atoms with van der Waals surface area (Å²) >= 11 is 0. The van der Waals surface area contributed by atoms with Gasteiger partial charge in [-0.1, -0.05) is 0 Å². The topological polar surface area (TPSA) is 47.9 Å². The van der Waals surface area contributed by atoms with Crippen LogP contribution in [0, 0.1) is 0 Å². The van der Waals surface area contributed by atoms with Crippen molar-refractivity contribution in [1.82, 2.24) is 0 Å². The van der Waals surface area contributed by atoms with Crippen molar-refractivity contribution in [3.05, 3.63) is 12.3 Å². The van der Waals surface area contributed by atoms with Gasteiger partial charge in [0.05, 0.1) is 12.9 Å². The highest BCUT2D eigenvalue weighted by Crippen LogP contribution is 2.28. The molecular formula is C9H14O4. The molecule has 0 radical (unpaired) electrons. The molecule has 2 aliphatic heterocycles. The summed E-state index contributed by atoms with van der Waals surface area (Å²) in [5, 5.41) is 9.47. The van der Waals surface area contributed by atoms with Crippen LogP contribution in [0.4, 0.5) is 0 Å². The molecule has 1 saturated heterocycles. The van der Waals surface area contributed by atoms with Gasteiger partial charge in [0.1, 0.15) is 12.2 Å². The second-order valence-electron chi connectivity index (χ2n) is 3.79. The third-order valence-electron chi connectivity index (χ3n) is 2.24. The Bertz CT molecular complexity index is 224. The Labute approximate surface area is 77.1 Å². The molecule has 3 atom stereocenters. The van der Waals surface area contributed by atoms with Crippen molar-refractivity contribution in [3.8, 4) is 0 Å². The lowest BCUT2D eigenvalue weighted by molar-refractivity contribution is -0.155. The van der Waals surface area contributed by atoms with Crippen molar-refractivity contribution in [2.75, 3.05) is 6.61 Å². The summed E-state index contributed by atoms with van der Waals surface area (Å²) in [5.74, 6) is -0.559. The Morgan fingerprint density at radius 1 is 1.46 bits per heavy atom. The van der Waals surface area contributed by atoms with E-state index in [1.54, 1.807) is 6.08 Å². The fourth-order valence-electron chi connectivity index (χ4n) is 1.59. The molecule has 0 aromatic rings. The number of rotatable bonds is 1. The van der Waals surface area contributed by atoms with Crippen LogP contribution in [0.25, 0.3) is 0 Å². The van der Waals surface area contributed by atoms with Gasteiger partial charge in [0, 0.05) is 0 Å². The highest BCUT2D eigenvalue weighted by Gasteiger charge is 2.41. The van der Waals surface area contributed by atoms with E-state index in [0.717, 1.165) is 0 Å². The van der Waals surface area contributed by atoms with Gasteiger partial charge < -0.3 is 19.3 Å². The Kier molecular flexibility index (Phi) is 2.06. The SMILES string of the molecule is CC1(C)OC[C@H]([C@@H]2OC=C[C@@H]2O)O1. The molecule has 13 heavy (non-hydrogen) atoms. The molecule has 1 fully saturated rings. The Hall–Kier alpha value is -0.580. The fraction of sp³-hybridized carbons (Fsp3) is 0.778. The third-order valence-corrected chi connectivity index (χ3v) is 2.24. The number of hydrogen-bond acceptors (Lipinski definition) is 4. The molecule has 0 spiro atoms. The minimum Gasteiger partial charge on any atom is -0.492 e. The summed E-state index contributed by atoms with van der Waals surface area (Å²) in [6.07, 6.45) is 2.04. The maximum Gasteiger partial charge on any atom is 0.163 e. The molecule has 0 amide bonds. The zero-order valence-electron chi connectivity index (χ0n) is 7.77. The average molecular weight is 186 g/mol. The quantitative estimate of drug-likeness (QED) is 0.644. The van der Waals surface area contributed by atoms with Gasteiger partial charge in [-0.2, -0.15) is 0 Å². The maximum absolute atomic E-state index is 9.47. The third kappa shape index (κ3) is 1.70. The van der Waals surface area contributed by atoms with E-state index in [4.69, 9.17) is 14.2 Å². The Balaban J connectivity index is 1.97. The van der Waals surface area contributed by atoms with Crippen molar-refractivity contribution >= 4 is 0 Å². The first-order valence-corrected chi connectivity index (χ1v) is 4.40. The van der Waals surface area contributed by atoms with Crippen LogP contribution in [0.2, 0.25) is 0 Å². The van der Waals surface area contributed by atoms with Crippen LogP contribution in [0.3, 0.4) is 0 Å². The van der Waals surface area contributed by atoms with Crippen LogP contribution in [-0.4, -0.2) is 35.8 Å². The second-order valence-corrected chi connectivity index (χ2v) is 3.79. The van der Waals surface area contributed by atoms with E-state index < -0.39 is 11.9 Å². The largest absolute Gasteiger partial charge is 0.492 e. The Morgan fingerprint density at radius 2 is 2.23 bits per heavy atom. The van der Waals surface area contributed by atoms with Crippen LogP contribution < -0.4 is 0 Å². The first-order chi connectivity index (χ1) is 6.08. The van der Waals surface area contributed by atoms with Gasteiger partial charge in [0.2, 0.25) is 0 Å². The summed E-state index contributed by atoms with van der Waals surface area (Å²) in [5.41, 5.74) is 0. The molecule has 4 heteroatoms. The smallest absolute Gasteiger partial charge is 0.163 e.